The van der Waals surface area contributed by atoms with Crippen molar-refractivity contribution in [3.63, 3.8) is 0 Å². The predicted octanol–water partition coefficient (Wildman–Crippen LogP) is 0.474. The minimum absolute atomic E-state index is 0.0878. The molecule has 10 nitrogen and oxygen atoms in total. The van der Waals surface area contributed by atoms with Crippen LogP contribution in [-0.4, -0.2) is 40.9 Å². The molecule has 11 heteroatoms. The first-order valence-corrected chi connectivity index (χ1v) is 7.51. The van der Waals surface area contributed by atoms with E-state index < -0.39 is 11.5 Å². The standard InChI is InChI=1S/C13H11BrN8O2/c1-7-5-9(11(23)16-13-17-19-20-21(13)2)12(24)22(18-7)10-4-3-8(14)6-15-10/h3-6H,1-2H3,(H,16,17,20,23). The minimum Gasteiger partial charge on any atom is -0.289 e. The Kier molecular flexibility index (Phi) is 4.16. The van der Waals surface area contributed by atoms with Gasteiger partial charge in [0, 0.05) is 17.7 Å². The van der Waals surface area contributed by atoms with Crippen molar-refractivity contribution in [3.05, 3.63) is 50.5 Å². The van der Waals surface area contributed by atoms with Crippen molar-refractivity contribution in [3.8, 4) is 5.82 Å². The molecule has 0 spiro atoms. The molecule has 0 radical (unpaired) electrons. The molecule has 0 bridgehead atoms. The molecule has 0 aliphatic rings. The normalized spacial score (nSPS) is 10.6. The smallest absolute Gasteiger partial charge is 0.285 e. The van der Waals surface area contributed by atoms with E-state index in [1.165, 1.54) is 16.9 Å². The summed E-state index contributed by atoms with van der Waals surface area (Å²) in [6.07, 6.45) is 1.54. The summed E-state index contributed by atoms with van der Waals surface area (Å²) in [6.45, 7) is 1.68. The van der Waals surface area contributed by atoms with Crippen LogP contribution in [0.5, 0.6) is 0 Å². The van der Waals surface area contributed by atoms with Gasteiger partial charge in [0.25, 0.3) is 11.5 Å². The van der Waals surface area contributed by atoms with Crippen molar-refractivity contribution in [1.29, 1.82) is 0 Å². The second kappa shape index (κ2) is 6.28. The van der Waals surface area contributed by atoms with Crippen molar-refractivity contribution in [1.82, 2.24) is 35.0 Å². The van der Waals surface area contributed by atoms with Gasteiger partial charge >= 0.3 is 0 Å². The monoisotopic (exact) mass is 390 g/mol. The largest absolute Gasteiger partial charge is 0.289 e. The fourth-order valence-electron chi connectivity index (χ4n) is 1.93. The number of amides is 1. The van der Waals surface area contributed by atoms with Crippen LogP contribution in [0.25, 0.3) is 5.82 Å². The molecular weight excluding hydrogens is 380 g/mol. The molecule has 0 atom stereocenters. The van der Waals surface area contributed by atoms with E-state index >= 15 is 0 Å². The number of aryl methyl sites for hydroxylation is 2. The van der Waals surface area contributed by atoms with Gasteiger partial charge in [0.1, 0.15) is 5.56 Å². The number of rotatable bonds is 3. The van der Waals surface area contributed by atoms with Crippen LogP contribution in [0.4, 0.5) is 5.95 Å². The molecule has 0 unspecified atom stereocenters. The maximum atomic E-state index is 12.6. The second-order valence-corrected chi connectivity index (χ2v) is 5.75. The van der Waals surface area contributed by atoms with E-state index in [0.717, 1.165) is 9.15 Å². The van der Waals surface area contributed by atoms with Gasteiger partial charge in [0.2, 0.25) is 5.95 Å². The zero-order chi connectivity index (χ0) is 17.3. The summed E-state index contributed by atoms with van der Waals surface area (Å²) in [4.78, 5) is 29.1. The van der Waals surface area contributed by atoms with E-state index in [1.807, 2.05) is 0 Å². The number of nitrogens with one attached hydrogen (secondary N) is 1. The lowest BCUT2D eigenvalue weighted by Gasteiger charge is -2.08. The number of halogens is 1. The number of hydrogen-bond donors (Lipinski definition) is 1. The highest BCUT2D eigenvalue weighted by atomic mass is 79.9. The Bertz CT molecular complexity index is 963. The van der Waals surface area contributed by atoms with Crippen LogP contribution in [0, 0.1) is 6.92 Å². The second-order valence-electron chi connectivity index (χ2n) is 4.83. The molecule has 0 saturated heterocycles. The average molecular weight is 391 g/mol. The molecule has 0 aliphatic heterocycles. The maximum Gasteiger partial charge on any atom is 0.285 e. The van der Waals surface area contributed by atoms with E-state index in [9.17, 15) is 9.59 Å². The lowest BCUT2D eigenvalue weighted by Crippen LogP contribution is -2.31. The zero-order valence-corrected chi connectivity index (χ0v) is 14.2. The van der Waals surface area contributed by atoms with Crippen LogP contribution < -0.4 is 10.9 Å². The highest BCUT2D eigenvalue weighted by molar-refractivity contribution is 9.10. The first-order chi connectivity index (χ1) is 11.5. The van der Waals surface area contributed by atoms with Crippen LogP contribution in [0.2, 0.25) is 0 Å². The fraction of sp³-hybridized carbons (Fsp3) is 0.154. The molecule has 3 aromatic rings. The predicted molar refractivity (Wildman–Crippen MR) is 86.8 cm³/mol. The zero-order valence-electron chi connectivity index (χ0n) is 12.6. The minimum atomic E-state index is -0.630. The summed E-state index contributed by atoms with van der Waals surface area (Å²) < 4.78 is 3.12. The Morgan fingerprint density at radius 1 is 1.33 bits per heavy atom. The van der Waals surface area contributed by atoms with Crippen LogP contribution in [-0.2, 0) is 7.05 Å². The summed E-state index contributed by atoms with van der Waals surface area (Å²) in [5, 5.41) is 17.3. The molecule has 1 amide bonds. The third kappa shape index (κ3) is 3.06. The number of nitrogens with zero attached hydrogens (tertiary/aromatic N) is 7. The number of carbonyl (C=O) groups excluding carboxylic acids is 1. The van der Waals surface area contributed by atoms with Crippen LogP contribution in [0.1, 0.15) is 16.1 Å². The van der Waals surface area contributed by atoms with Gasteiger partial charge in [-0.25, -0.2) is 9.67 Å². The Morgan fingerprint density at radius 3 is 2.75 bits per heavy atom. The molecular formula is C13H11BrN8O2. The number of carbonyl (C=O) groups is 1. The van der Waals surface area contributed by atoms with Crippen molar-refractivity contribution in [2.75, 3.05) is 5.32 Å². The number of pyridine rings is 1. The van der Waals surface area contributed by atoms with E-state index in [-0.39, 0.29) is 11.5 Å². The summed E-state index contributed by atoms with van der Waals surface area (Å²) in [5.74, 6) is -0.197. The highest BCUT2D eigenvalue weighted by Crippen LogP contribution is 2.10. The van der Waals surface area contributed by atoms with Crippen molar-refractivity contribution in [2.45, 2.75) is 6.92 Å². The maximum absolute atomic E-state index is 12.6. The molecule has 0 saturated carbocycles. The van der Waals surface area contributed by atoms with Crippen molar-refractivity contribution >= 4 is 27.8 Å². The third-order valence-electron chi connectivity index (χ3n) is 3.05. The Labute approximate surface area is 143 Å². The molecule has 1 N–H and O–H groups in total. The number of anilines is 1. The van der Waals surface area contributed by atoms with Gasteiger partial charge < -0.3 is 0 Å². The summed E-state index contributed by atoms with van der Waals surface area (Å²) >= 11 is 3.27. The summed E-state index contributed by atoms with van der Waals surface area (Å²) in [5.41, 5.74) is -0.196. The lowest BCUT2D eigenvalue weighted by atomic mass is 10.2. The Balaban J connectivity index is 2.03. The van der Waals surface area contributed by atoms with E-state index in [2.05, 4.69) is 46.9 Å². The quantitative estimate of drug-likeness (QED) is 0.689. The van der Waals surface area contributed by atoms with E-state index in [1.54, 1.807) is 26.1 Å². The summed E-state index contributed by atoms with van der Waals surface area (Å²) in [7, 11) is 1.57. The molecule has 0 aromatic carbocycles. The fourth-order valence-corrected chi connectivity index (χ4v) is 2.17. The lowest BCUT2D eigenvalue weighted by molar-refractivity contribution is 0.102. The van der Waals surface area contributed by atoms with Gasteiger partial charge in [0.05, 0.1) is 5.69 Å². The van der Waals surface area contributed by atoms with Gasteiger partial charge in [-0.3, -0.25) is 14.9 Å². The third-order valence-corrected chi connectivity index (χ3v) is 3.52. The van der Waals surface area contributed by atoms with Gasteiger partial charge in [-0.05, 0) is 51.5 Å². The van der Waals surface area contributed by atoms with Gasteiger partial charge in [0.15, 0.2) is 5.82 Å². The number of hydrogen-bond acceptors (Lipinski definition) is 7. The molecule has 122 valence electrons. The highest BCUT2D eigenvalue weighted by Gasteiger charge is 2.18. The van der Waals surface area contributed by atoms with Crippen molar-refractivity contribution < 1.29 is 4.79 Å². The SMILES string of the molecule is Cc1cc(C(=O)Nc2nnnn2C)c(=O)n(-c2ccc(Br)cn2)n1. The molecule has 3 heterocycles. The summed E-state index contributed by atoms with van der Waals surface area (Å²) in [6, 6.07) is 4.74. The molecule has 0 fully saturated rings. The molecule has 0 aliphatic carbocycles. The molecule has 24 heavy (non-hydrogen) atoms. The van der Waals surface area contributed by atoms with Gasteiger partial charge in [-0.1, -0.05) is 5.10 Å². The van der Waals surface area contributed by atoms with E-state index in [4.69, 9.17) is 0 Å². The molecule has 3 aromatic heterocycles. The van der Waals surface area contributed by atoms with Crippen LogP contribution in [0.3, 0.4) is 0 Å². The average Bonchev–Trinajstić information content (AvgIpc) is 2.95. The Morgan fingerprint density at radius 2 is 2.12 bits per heavy atom. The molecule has 3 rings (SSSR count). The van der Waals surface area contributed by atoms with Gasteiger partial charge in [-0.2, -0.15) is 9.78 Å². The first-order valence-electron chi connectivity index (χ1n) is 6.72. The van der Waals surface area contributed by atoms with Crippen LogP contribution in [0.15, 0.2) is 33.7 Å². The van der Waals surface area contributed by atoms with Crippen molar-refractivity contribution in [2.24, 2.45) is 7.05 Å². The first kappa shape index (κ1) is 15.9. The van der Waals surface area contributed by atoms with Gasteiger partial charge in [-0.15, -0.1) is 0 Å². The van der Waals surface area contributed by atoms with E-state index in [0.29, 0.717) is 11.5 Å². The Hall–Kier alpha value is -2.95. The topological polar surface area (TPSA) is 120 Å². The van der Waals surface area contributed by atoms with Crippen LogP contribution >= 0.6 is 15.9 Å². The number of tetrazole rings is 1. The number of aromatic nitrogens is 7.